The Morgan fingerprint density at radius 3 is 2.57 bits per heavy atom. The highest BCUT2D eigenvalue weighted by atomic mass is 32.1. The van der Waals surface area contributed by atoms with Crippen LogP contribution >= 0.6 is 11.3 Å². The van der Waals surface area contributed by atoms with Crippen molar-refractivity contribution in [2.45, 2.75) is 0 Å². The second-order valence-electron chi connectivity index (χ2n) is 2.80. The number of rotatable bonds is 2. The van der Waals surface area contributed by atoms with E-state index in [1.165, 1.54) is 6.07 Å². The van der Waals surface area contributed by atoms with Gasteiger partial charge in [-0.1, -0.05) is 0 Å². The molecule has 1 heterocycles. The summed E-state index contributed by atoms with van der Waals surface area (Å²) in [6.07, 6.45) is 0. The van der Waals surface area contributed by atoms with E-state index in [0.29, 0.717) is 11.5 Å². The predicted octanol–water partition coefficient (Wildman–Crippen LogP) is 3.06. The average molecular weight is 212 g/mol. The van der Waals surface area contributed by atoms with Crippen molar-refractivity contribution in [1.82, 2.24) is 0 Å². The summed E-state index contributed by atoms with van der Waals surface area (Å²) in [4.78, 5) is 0. The zero-order valence-electron chi connectivity index (χ0n) is 7.83. The summed E-state index contributed by atoms with van der Waals surface area (Å²) in [5, 5.41) is 0.593. The Bertz CT molecular complexity index is 464. The van der Waals surface area contributed by atoms with E-state index >= 15 is 0 Å². The molecule has 0 spiro atoms. The number of methoxy groups -OCH3 is 2. The van der Waals surface area contributed by atoms with Crippen LogP contribution in [0.4, 0.5) is 4.39 Å². The van der Waals surface area contributed by atoms with Gasteiger partial charge in [-0.15, -0.1) is 11.3 Å². The van der Waals surface area contributed by atoms with Crippen LogP contribution in [0, 0.1) is 5.13 Å². The Morgan fingerprint density at radius 1 is 1.14 bits per heavy atom. The molecule has 0 aliphatic carbocycles. The van der Waals surface area contributed by atoms with Gasteiger partial charge in [0.2, 0.25) is 0 Å². The molecule has 4 heteroatoms. The molecule has 0 aliphatic heterocycles. The van der Waals surface area contributed by atoms with Crippen LogP contribution in [0.5, 0.6) is 11.5 Å². The summed E-state index contributed by atoms with van der Waals surface area (Å²) in [5.41, 5.74) is 0. The predicted molar refractivity (Wildman–Crippen MR) is 54.9 cm³/mol. The molecule has 0 N–H and O–H groups in total. The molecule has 1 aromatic heterocycles. The van der Waals surface area contributed by atoms with Gasteiger partial charge in [0.25, 0.3) is 0 Å². The van der Waals surface area contributed by atoms with Gasteiger partial charge in [0, 0.05) is 11.5 Å². The number of ether oxygens (including phenoxy) is 2. The molecule has 0 amide bonds. The third-order valence-electron chi connectivity index (χ3n) is 1.98. The van der Waals surface area contributed by atoms with Gasteiger partial charge in [0.1, 0.15) is 11.5 Å². The fraction of sp³-hybridized carbons (Fsp3) is 0.200. The highest BCUT2D eigenvalue weighted by Crippen LogP contribution is 2.36. The van der Waals surface area contributed by atoms with Crippen molar-refractivity contribution in [3.05, 3.63) is 23.3 Å². The maximum absolute atomic E-state index is 13.0. The molecule has 0 radical (unpaired) electrons. The lowest BCUT2D eigenvalue weighted by atomic mass is 10.2. The van der Waals surface area contributed by atoms with E-state index < -0.39 is 0 Å². The van der Waals surface area contributed by atoms with Crippen molar-refractivity contribution in [3.8, 4) is 11.5 Å². The van der Waals surface area contributed by atoms with Crippen LogP contribution in [0.25, 0.3) is 10.1 Å². The van der Waals surface area contributed by atoms with E-state index in [1.54, 1.807) is 26.4 Å². The Morgan fingerprint density at radius 2 is 1.93 bits per heavy atom. The topological polar surface area (TPSA) is 18.5 Å². The molecule has 0 atom stereocenters. The van der Waals surface area contributed by atoms with Crippen LogP contribution in [0.2, 0.25) is 0 Å². The van der Waals surface area contributed by atoms with Crippen molar-refractivity contribution >= 4 is 21.4 Å². The molecular formula is C10H9FO2S. The molecule has 74 valence electrons. The monoisotopic (exact) mass is 212 g/mol. The first-order valence-electron chi connectivity index (χ1n) is 4.05. The first-order chi connectivity index (χ1) is 6.74. The molecule has 2 aromatic rings. The van der Waals surface area contributed by atoms with Crippen LogP contribution in [0.15, 0.2) is 18.2 Å². The smallest absolute Gasteiger partial charge is 0.177 e. The largest absolute Gasteiger partial charge is 0.497 e. The zero-order chi connectivity index (χ0) is 10.1. The lowest BCUT2D eigenvalue weighted by molar-refractivity contribution is 0.398. The first-order valence-corrected chi connectivity index (χ1v) is 4.87. The minimum absolute atomic E-state index is 0.216. The number of halogens is 1. The van der Waals surface area contributed by atoms with Gasteiger partial charge >= 0.3 is 0 Å². The van der Waals surface area contributed by atoms with Crippen LogP contribution in [-0.2, 0) is 0 Å². The van der Waals surface area contributed by atoms with Crippen LogP contribution in [0.3, 0.4) is 0 Å². The number of hydrogen-bond acceptors (Lipinski definition) is 3. The summed E-state index contributed by atoms with van der Waals surface area (Å²) in [7, 11) is 3.13. The second kappa shape index (κ2) is 3.46. The zero-order valence-corrected chi connectivity index (χ0v) is 8.65. The Hall–Kier alpha value is -1.29. The van der Waals surface area contributed by atoms with Gasteiger partial charge in [0.15, 0.2) is 5.13 Å². The highest BCUT2D eigenvalue weighted by molar-refractivity contribution is 7.17. The van der Waals surface area contributed by atoms with E-state index in [2.05, 4.69) is 0 Å². The normalized spacial score (nSPS) is 10.5. The number of hydrogen-bond donors (Lipinski definition) is 0. The second-order valence-corrected chi connectivity index (χ2v) is 3.80. The van der Waals surface area contributed by atoms with Gasteiger partial charge in [0.05, 0.1) is 18.9 Å². The first kappa shape index (κ1) is 9.27. The highest BCUT2D eigenvalue weighted by Gasteiger charge is 2.09. The van der Waals surface area contributed by atoms with Gasteiger partial charge in [-0.25, -0.2) is 0 Å². The number of fused-ring (bicyclic) bond motifs is 1. The van der Waals surface area contributed by atoms with Gasteiger partial charge in [-0.05, 0) is 12.1 Å². The van der Waals surface area contributed by atoms with Gasteiger partial charge < -0.3 is 9.47 Å². The number of thiophene rings is 1. The molecule has 0 aliphatic rings. The molecule has 2 rings (SSSR count). The third-order valence-corrected chi connectivity index (χ3v) is 2.94. The molecule has 0 unspecified atom stereocenters. The van der Waals surface area contributed by atoms with Crippen molar-refractivity contribution in [3.63, 3.8) is 0 Å². The quantitative estimate of drug-likeness (QED) is 0.761. The van der Waals surface area contributed by atoms with Crippen LogP contribution in [-0.4, -0.2) is 14.2 Å². The SMILES string of the molecule is COc1cc(OC)c2sc(F)cc2c1. The minimum atomic E-state index is -0.216. The van der Waals surface area contributed by atoms with E-state index in [4.69, 9.17) is 9.47 Å². The Kier molecular flexibility index (Phi) is 2.29. The lowest BCUT2D eigenvalue weighted by Gasteiger charge is -2.04. The molecule has 14 heavy (non-hydrogen) atoms. The fourth-order valence-electron chi connectivity index (χ4n) is 1.33. The van der Waals surface area contributed by atoms with Gasteiger partial charge in [-0.2, -0.15) is 4.39 Å². The average Bonchev–Trinajstić information content (AvgIpc) is 2.56. The third kappa shape index (κ3) is 1.42. The van der Waals surface area contributed by atoms with Crippen molar-refractivity contribution < 1.29 is 13.9 Å². The summed E-state index contributed by atoms with van der Waals surface area (Å²) >= 11 is 1.08. The van der Waals surface area contributed by atoms with Gasteiger partial charge in [-0.3, -0.25) is 0 Å². The molecule has 0 saturated carbocycles. The van der Waals surface area contributed by atoms with Crippen LogP contribution in [0.1, 0.15) is 0 Å². The molecule has 1 aromatic carbocycles. The minimum Gasteiger partial charge on any atom is -0.497 e. The van der Waals surface area contributed by atoms with Crippen molar-refractivity contribution in [2.75, 3.05) is 14.2 Å². The van der Waals surface area contributed by atoms with E-state index in [-0.39, 0.29) is 5.13 Å². The van der Waals surface area contributed by atoms with Crippen molar-refractivity contribution in [2.24, 2.45) is 0 Å². The molecule has 0 saturated heterocycles. The lowest BCUT2D eigenvalue weighted by Crippen LogP contribution is -1.86. The maximum atomic E-state index is 13.0. The van der Waals surface area contributed by atoms with E-state index in [9.17, 15) is 4.39 Å². The van der Waals surface area contributed by atoms with E-state index in [1.807, 2.05) is 0 Å². The molecule has 0 bridgehead atoms. The molecule has 0 fully saturated rings. The number of benzene rings is 1. The summed E-state index contributed by atoms with van der Waals surface area (Å²) < 4.78 is 24.0. The molecule has 2 nitrogen and oxygen atoms in total. The van der Waals surface area contributed by atoms with Crippen LogP contribution < -0.4 is 9.47 Å². The summed E-state index contributed by atoms with van der Waals surface area (Å²) in [6, 6.07) is 5.01. The Labute approximate surface area is 84.9 Å². The standard InChI is InChI=1S/C10H9FO2S/c1-12-7-3-6-4-9(11)14-10(6)8(5-7)13-2/h3-5H,1-2H3. The summed E-state index contributed by atoms with van der Waals surface area (Å²) in [6.45, 7) is 0. The maximum Gasteiger partial charge on any atom is 0.177 e. The summed E-state index contributed by atoms with van der Waals surface area (Å²) in [5.74, 6) is 1.32. The van der Waals surface area contributed by atoms with E-state index in [0.717, 1.165) is 21.4 Å². The van der Waals surface area contributed by atoms with Crippen molar-refractivity contribution in [1.29, 1.82) is 0 Å². The fourth-order valence-corrected chi connectivity index (χ4v) is 2.19. The Balaban J connectivity index is 2.72. The molecular weight excluding hydrogens is 203 g/mol.